The SMILES string of the molecule is O=C(CCc1ccc(Cl)s1)NCc1ccccc1OCCO. The van der Waals surface area contributed by atoms with Crippen LogP contribution in [0.1, 0.15) is 16.9 Å². The molecule has 118 valence electrons. The highest BCUT2D eigenvalue weighted by Gasteiger charge is 2.07. The van der Waals surface area contributed by atoms with Gasteiger partial charge in [0.05, 0.1) is 10.9 Å². The number of ether oxygens (including phenoxy) is 1. The summed E-state index contributed by atoms with van der Waals surface area (Å²) in [5.41, 5.74) is 0.892. The van der Waals surface area contributed by atoms with Crippen LogP contribution in [0, 0.1) is 0 Å². The molecule has 0 saturated heterocycles. The number of aryl methyl sites for hydroxylation is 1. The smallest absolute Gasteiger partial charge is 0.220 e. The molecule has 0 aliphatic carbocycles. The van der Waals surface area contributed by atoms with Crippen molar-refractivity contribution in [2.24, 2.45) is 0 Å². The van der Waals surface area contributed by atoms with Crippen molar-refractivity contribution >= 4 is 28.8 Å². The average Bonchev–Trinajstić information content (AvgIpc) is 2.95. The number of amides is 1. The molecule has 1 aromatic heterocycles. The van der Waals surface area contributed by atoms with Crippen LogP contribution in [0.3, 0.4) is 0 Å². The fraction of sp³-hybridized carbons (Fsp3) is 0.312. The molecule has 0 aliphatic rings. The highest BCUT2D eigenvalue weighted by molar-refractivity contribution is 7.16. The van der Waals surface area contributed by atoms with Gasteiger partial charge < -0.3 is 15.2 Å². The second-order valence-corrected chi connectivity index (χ2v) is 6.46. The Morgan fingerprint density at radius 3 is 2.82 bits per heavy atom. The Bertz CT molecular complexity index is 615. The molecule has 0 spiro atoms. The van der Waals surface area contributed by atoms with Crippen LogP contribution < -0.4 is 10.1 Å². The van der Waals surface area contributed by atoms with Crippen molar-refractivity contribution in [3.63, 3.8) is 0 Å². The van der Waals surface area contributed by atoms with Crippen molar-refractivity contribution in [3.05, 3.63) is 51.2 Å². The van der Waals surface area contributed by atoms with E-state index < -0.39 is 0 Å². The molecule has 0 radical (unpaired) electrons. The van der Waals surface area contributed by atoms with Crippen LogP contribution in [0.2, 0.25) is 4.34 Å². The number of halogens is 1. The number of carbonyl (C=O) groups excluding carboxylic acids is 1. The van der Waals surface area contributed by atoms with Crippen molar-refractivity contribution in [2.75, 3.05) is 13.2 Å². The van der Waals surface area contributed by atoms with E-state index in [-0.39, 0.29) is 19.1 Å². The number of hydrogen-bond acceptors (Lipinski definition) is 4. The Labute approximate surface area is 138 Å². The van der Waals surface area contributed by atoms with E-state index in [0.29, 0.717) is 25.1 Å². The Kier molecular flexibility index (Phi) is 6.71. The van der Waals surface area contributed by atoms with Gasteiger partial charge in [-0.3, -0.25) is 4.79 Å². The first-order chi connectivity index (χ1) is 10.7. The molecule has 22 heavy (non-hydrogen) atoms. The molecule has 1 aromatic carbocycles. The molecule has 2 aromatic rings. The molecule has 0 aliphatic heterocycles. The minimum atomic E-state index is -0.0376. The first-order valence-electron chi connectivity index (χ1n) is 7.01. The number of nitrogens with one attached hydrogen (secondary N) is 1. The minimum Gasteiger partial charge on any atom is -0.491 e. The maximum Gasteiger partial charge on any atom is 0.220 e. The predicted octanol–water partition coefficient (Wildman–Crippen LogP) is 3.02. The third kappa shape index (κ3) is 5.33. The lowest BCUT2D eigenvalue weighted by Gasteiger charge is -2.11. The fourth-order valence-corrected chi connectivity index (χ4v) is 3.04. The molecule has 1 amide bonds. The summed E-state index contributed by atoms with van der Waals surface area (Å²) < 4.78 is 6.18. The molecule has 0 fully saturated rings. The summed E-state index contributed by atoms with van der Waals surface area (Å²) in [5, 5.41) is 11.7. The van der Waals surface area contributed by atoms with E-state index in [1.54, 1.807) is 0 Å². The zero-order valence-corrected chi connectivity index (χ0v) is 13.6. The Balaban J connectivity index is 1.80. The van der Waals surface area contributed by atoms with E-state index >= 15 is 0 Å². The molecule has 2 rings (SSSR count). The van der Waals surface area contributed by atoms with E-state index in [9.17, 15) is 4.79 Å². The first kappa shape index (κ1) is 16.8. The van der Waals surface area contributed by atoms with Gasteiger partial charge >= 0.3 is 0 Å². The summed E-state index contributed by atoms with van der Waals surface area (Å²) in [6.45, 7) is 0.611. The van der Waals surface area contributed by atoms with Crippen LogP contribution in [-0.2, 0) is 17.8 Å². The van der Waals surface area contributed by atoms with Gasteiger partial charge in [-0.15, -0.1) is 11.3 Å². The monoisotopic (exact) mass is 339 g/mol. The van der Waals surface area contributed by atoms with Gasteiger partial charge in [0, 0.05) is 23.4 Å². The lowest BCUT2D eigenvalue weighted by atomic mass is 10.2. The number of aliphatic hydroxyl groups excluding tert-OH is 1. The standard InChI is InChI=1S/C16H18ClNO3S/c17-15-7-5-13(22-15)6-8-16(20)18-11-12-3-1-2-4-14(12)21-10-9-19/h1-5,7,19H,6,8-11H2,(H,18,20). The normalized spacial score (nSPS) is 10.5. The van der Waals surface area contributed by atoms with Gasteiger partial charge in [0.2, 0.25) is 5.91 Å². The number of hydrogen-bond donors (Lipinski definition) is 2. The molecule has 1 heterocycles. The van der Waals surface area contributed by atoms with Crippen molar-refractivity contribution < 1.29 is 14.6 Å². The quantitative estimate of drug-likeness (QED) is 0.777. The van der Waals surface area contributed by atoms with Crippen LogP contribution >= 0.6 is 22.9 Å². The van der Waals surface area contributed by atoms with E-state index in [1.807, 2.05) is 36.4 Å². The van der Waals surface area contributed by atoms with Gasteiger partial charge in [-0.25, -0.2) is 0 Å². The number of thiophene rings is 1. The molecular weight excluding hydrogens is 322 g/mol. The van der Waals surface area contributed by atoms with Gasteiger partial charge in [0.25, 0.3) is 0 Å². The summed E-state index contributed by atoms with van der Waals surface area (Å²) in [6.07, 6.45) is 1.11. The molecule has 0 bridgehead atoms. The van der Waals surface area contributed by atoms with E-state index in [1.165, 1.54) is 11.3 Å². The summed E-state index contributed by atoms with van der Waals surface area (Å²) in [4.78, 5) is 13.0. The molecule has 6 heteroatoms. The number of aliphatic hydroxyl groups is 1. The predicted molar refractivity (Wildman–Crippen MR) is 88.5 cm³/mol. The van der Waals surface area contributed by atoms with Crippen LogP contribution in [0.15, 0.2) is 36.4 Å². The number of carbonyl (C=O) groups is 1. The van der Waals surface area contributed by atoms with Gasteiger partial charge in [0.1, 0.15) is 12.4 Å². The summed E-state index contributed by atoms with van der Waals surface area (Å²) in [6, 6.07) is 11.3. The third-order valence-electron chi connectivity index (χ3n) is 3.02. The topological polar surface area (TPSA) is 58.6 Å². The maximum absolute atomic E-state index is 11.9. The number of benzene rings is 1. The van der Waals surface area contributed by atoms with Gasteiger partial charge in [-0.1, -0.05) is 29.8 Å². The van der Waals surface area contributed by atoms with E-state index in [4.69, 9.17) is 21.4 Å². The third-order valence-corrected chi connectivity index (χ3v) is 4.32. The highest BCUT2D eigenvalue weighted by atomic mass is 35.5. The van der Waals surface area contributed by atoms with Crippen molar-refractivity contribution in [3.8, 4) is 5.75 Å². The van der Waals surface area contributed by atoms with Gasteiger partial charge in [-0.05, 0) is 24.6 Å². The summed E-state index contributed by atoms with van der Waals surface area (Å²) in [7, 11) is 0. The van der Waals surface area contributed by atoms with Crippen LogP contribution in [0.4, 0.5) is 0 Å². The first-order valence-corrected chi connectivity index (χ1v) is 8.21. The van der Waals surface area contributed by atoms with Gasteiger partial charge in [0.15, 0.2) is 0 Å². The van der Waals surface area contributed by atoms with Crippen LogP contribution in [0.5, 0.6) is 5.75 Å². The second-order valence-electron chi connectivity index (χ2n) is 4.66. The zero-order chi connectivity index (χ0) is 15.8. The molecule has 2 N–H and O–H groups in total. The van der Waals surface area contributed by atoms with Crippen LogP contribution in [-0.4, -0.2) is 24.2 Å². The van der Waals surface area contributed by atoms with Gasteiger partial charge in [-0.2, -0.15) is 0 Å². The van der Waals surface area contributed by atoms with Crippen LogP contribution in [0.25, 0.3) is 0 Å². The summed E-state index contributed by atoms with van der Waals surface area (Å²) in [5.74, 6) is 0.670. The lowest BCUT2D eigenvalue weighted by molar-refractivity contribution is -0.121. The molecule has 4 nitrogen and oxygen atoms in total. The van der Waals surface area contributed by atoms with E-state index in [0.717, 1.165) is 14.8 Å². The lowest BCUT2D eigenvalue weighted by Crippen LogP contribution is -2.23. The fourth-order valence-electron chi connectivity index (χ4n) is 1.95. The zero-order valence-electron chi connectivity index (χ0n) is 12.0. The molecular formula is C16H18ClNO3S. The van der Waals surface area contributed by atoms with E-state index in [2.05, 4.69) is 5.32 Å². The Morgan fingerprint density at radius 1 is 1.27 bits per heavy atom. The Hall–Kier alpha value is -1.56. The van der Waals surface area contributed by atoms with Crippen molar-refractivity contribution in [1.82, 2.24) is 5.32 Å². The molecule has 0 saturated carbocycles. The Morgan fingerprint density at radius 2 is 2.09 bits per heavy atom. The highest BCUT2D eigenvalue weighted by Crippen LogP contribution is 2.22. The van der Waals surface area contributed by atoms with Crippen molar-refractivity contribution in [2.45, 2.75) is 19.4 Å². The average molecular weight is 340 g/mol. The second kappa shape index (κ2) is 8.78. The van der Waals surface area contributed by atoms with Crippen molar-refractivity contribution in [1.29, 1.82) is 0 Å². The maximum atomic E-state index is 11.9. The largest absolute Gasteiger partial charge is 0.491 e. The molecule has 0 unspecified atom stereocenters. The molecule has 0 atom stereocenters. The number of para-hydroxylation sites is 1. The summed E-state index contributed by atoms with van der Waals surface area (Å²) >= 11 is 7.36. The number of rotatable bonds is 8. The minimum absolute atomic E-state index is 0.0125.